The number of anilines is 1. The van der Waals surface area contributed by atoms with Gasteiger partial charge in [0.25, 0.3) is 0 Å². The van der Waals surface area contributed by atoms with Gasteiger partial charge >= 0.3 is 12.0 Å². The molecule has 0 spiro atoms. The fourth-order valence-electron chi connectivity index (χ4n) is 2.89. The molecular formula is C20H21BrN2O4. The van der Waals surface area contributed by atoms with Crippen molar-refractivity contribution >= 4 is 33.6 Å². The highest BCUT2D eigenvalue weighted by Gasteiger charge is 2.24. The highest BCUT2D eigenvalue weighted by atomic mass is 79.9. The van der Waals surface area contributed by atoms with Crippen LogP contribution in [0.25, 0.3) is 0 Å². The number of hydrogen-bond acceptors (Lipinski definition) is 4. The quantitative estimate of drug-likeness (QED) is 0.691. The number of carbonyl (C=O) groups excluding carboxylic acids is 2. The van der Waals surface area contributed by atoms with Crippen LogP contribution in [0, 0.1) is 0 Å². The summed E-state index contributed by atoms with van der Waals surface area (Å²) in [6.45, 7) is 2.64. The lowest BCUT2D eigenvalue weighted by molar-refractivity contribution is 0.0548. The van der Waals surface area contributed by atoms with Crippen LogP contribution < -0.4 is 4.90 Å². The monoisotopic (exact) mass is 432 g/mol. The van der Waals surface area contributed by atoms with Crippen molar-refractivity contribution in [1.82, 2.24) is 4.90 Å². The first-order valence-electron chi connectivity index (χ1n) is 8.65. The lowest BCUT2D eigenvalue weighted by atomic mass is 10.1. The van der Waals surface area contributed by atoms with Crippen molar-refractivity contribution in [3.8, 4) is 0 Å². The van der Waals surface area contributed by atoms with Crippen molar-refractivity contribution < 1.29 is 19.1 Å². The second-order valence-electron chi connectivity index (χ2n) is 6.14. The minimum Gasteiger partial charge on any atom is -0.465 e. The van der Waals surface area contributed by atoms with E-state index in [-0.39, 0.29) is 12.0 Å². The molecular weight excluding hydrogens is 412 g/mol. The van der Waals surface area contributed by atoms with Gasteiger partial charge in [-0.25, -0.2) is 9.59 Å². The van der Waals surface area contributed by atoms with Crippen LogP contribution in [-0.4, -0.2) is 50.3 Å². The lowest BCUT2D eigenvalue weighted by Crippen LogP contribution is -2.48. The van der Waals surface area contributed by atoms with Gasteiger partial charge in [0.1, 0.15) is 0 Å². The number of esters is 1. The third kappa shape index (κ3) is 4.87. The van der Waals surface area contributed by atoms with Gasteiger partial charge in [0.05, 0.1) is 32.4 Å². The number of halogens is 1. The van der Waals surface area contributed by atoms with Crippen molar-refractivity contribution in [1.29, 1.82) is 0 Å². The molecule has 1 saturated heterocycles. The van der Waals surface area contributed by atoms with E-state index in [9.17, 15) is 9.59 Å². The predicted molar refractivity (Wildman–Crippen MR) is 106 cm³/mol. The van der Waals surface area contributed by atoms with Gasteiger partial charge in [-0.05, 0) is 35.9 Å². The number of nitrogens with zero attached hydrogens (tertiary/aromatic N) is 2. The number of benzene rings is 2. The summed E-state index contributed by atoms with van der Waals surface area (Å²) in [5, 5.41) is 0. The Hall–Kier alpha value is -2.38. The van der Waals surface area contributed by atoms with Crippen LogP contribution in [0.4, 0.5) is 10.5 Å². The number of hydrogen-bond donors (Lipinski definition) is 0. The van der Waals surface area contributed by atoms with Gasteiger partial charge in [-0.1, -0.05) is 34.1 Å². The molecule has 0 radical (unpaired) electrons. The van der Waals surface area contributed by atoms with E-state index in [1.807, 2.05) is 36.4 Å². The Labute approximate surface area is 166 Å². The Balaban J connectivity index is 1.85. The Morgan fingerprint density at radius 3 is 2.48 bits per heavy atom. The average Bonchev–Trinajstić information content (AvgIpc) is 2.72. The molecule has 0 bridgehead atoms. The van der Waals surface area contributed by atoms with Crippen LogP contribution in [0.3, 0.4) is 0 Å². The first-order chi connectivity index (χ1) is 13.1. The Bertz CT molecular complexity index is 804. The van der Waals surface area contributed by atoms with Crippen LogP contribution >= 0.6 is 15.9 Å². The molecule has 0 aliphatic carbocycles. The summed E-state index contributed by atoms with van der Waals surface area (Å²) in [6.07, 6.45) is 0. The predicted octanol–water partition coefficient (Wildman–Crippen LogP) is 3.69. The molecule has 27 heavy (non-hydrogen) atoms. The minimum absolute atomic E-state index is 0.0616. The van der Waals surface area contributed by atoms with Crippen LogP contribution in [0.2, 0.25) is 0 Å². The standard InChI is InChI=1S/C20H21BrN2O4/c1-26-19(24)16-7-5-15(6-8-16)14-23(18-4-2-3-17(21)13-18)20(25)22-9-11-27-12-10-22/h2-8,13H,9-12,14H2,1H3. The smallest absolute Gasteiger partial charge is 0.337 e. The van der Waals surface area contributed by atoms with Crippen molar-refractivity contribution in [2.24, 2.45) is 0 Å². The maximum atomic E-state index is 13.1. The zero-order chi connectivity index (χ0) is 19.2. The maximum Gasteiger partial charge on any atom is 0.337 e. The first-order valence-corrected chi connectivity index (χ1v) is 9.45. The molecule has 1 fully saturated rings. The van der Waals surface area contributed by atoms with E-state index in [1.54, 1.807) is 21.9 Å². The lowest BCUT2D eigenvalue weighted by Gasteiger charge is -2.33. The second-order valence-corrected chi connectivity index (χ2v) is 7.05. The van der Waals surface area contributed by atoms with Gasteiger partial charge in [0.15, 0.2) is 0 Å². The SMILES string of the molecule is COC(=O)c1ccc(CN(C(=O)N2CCOCC2)c2cccc(Br)c2)cc1. The Morgan fingerprint density at radius 1 is 1.15 bits per heavy atom. The fourth-order valence-corrected chi connectivity index (χ4v) is 3.27. The van der Waals surface area contributed by atoms with Gasteiger partial charge < -0.3 is 14.4 Å². The number of rotatable bonds is 4. The zero-order valence-corrected chi connectivity index (χ0v) is 16.6. The molecule has 1 aliphatic rings. The van der Waals surface area contributed by atoms with Crippen molar-refractivity contribution in [2.45, 2.75) is 6.54 Å². The summed E-state index contributed by atoms with van der Waals surface area (Å²) >= 11 is 3.47. The van der Waals surface area contributed by atoms with E-state index in [0.717, 1.165) is 15.7 Å². The molecule has 0 aromatic heterocycles. The third-order valence-corrected chi connectivity index (χ3v) is 4.84. The van der Waals surface area contributed by atoms with E-state index in [2.05, 4.69) is 15.9 Å². The summed E-state index contributed by atoms with van der Waals surface area (Å²) in [7, 11) is 1.35. The number of ether oxygens (including phenoxy) is 2. The summed E-state index contributed by atoms with van der Waals surface area (Å²) in [5.74, 6) is -0.380. The minimum atomic E-state index is -0.380. The summed E-state index contributed by atoms with van der Waals surface area (Å²) in [4.78, 5) is 28.3. The van der Waals surface area contributed by atoms with Crippen LogP contribution in [-0.2, 0) is 16.0 Å². The number of amides is 2. The molecule has 1 heterocycles. The maximum absolute atomic E-state index is 13.1. The van der Waals surface area contributed by atoms with Crippen LogP contribution in [0.15, 0.2) is 53.0 Å². The molecule has 0 saturated carbocycles. The van der Waals surface area contributed by atoms with Crippen molar-refractivity contribution in [2.75, 3.05) is 38.3 Å². The van der Waals surface area contributed by atoms with E-state index >= 15 is 0 Å². The summed E-state index contributed by atoms with van der Waals surface area (Å²) in [5.41, 5.74) is 2.21. The fraction of sp³-hybridized carbons (Fsp3) is 0.300. The summed E-state index contributed by atoms with van der Waals surface area (Å²) < 4.78 is 11.0. The molecule has 2 amide bonds. The molecule has 142 valence electrons. The average molecular weight is 433 g/mol. The van der Waals surface area contributed by atoms with Gasteiger partial charge in [-0.15, -0.1) is 0 Å². The normalized spacial score (nSPS) is 13.9. The number of methoxy groups -OCH3 is 1. The number of urea groups is 1. The summed E-state index contributed by atoms with van der Waals surface area (Å²) in [6, 6.07) is 14.7. The van der Waals surface area contributed by atoms with E-state index in [0.29, 0.717) is 38.4 Å². The van der Waals surface area contributed by atoms with Gasteiger partial charge in [-0.3, -0.25) is 4.90 Å². The molecule has 1 aliphatic heterocycles. The highest BCUT2D eigenvalue weighted by Crippen LogP contribution is 2.24. The number of morpholine rings is 1. The van der Waals surface area contributed by atoms with E-state index < -0.39 is 0 Å². The first kappa shape index (κ1) is 19.4. The second kappa shape index (κ2) is 9.01. The topological polar surface area (TPSA) is 59.1 Å². The molecule has 2 aromatic rings. The van der Waals surface area contributed by atoms with Gasteiger partial charge in [0.2, 0.25) is 0 Å². The molecule has 0 unspecified atom stereocenters. The van der Waals surface area contributed by atoms with Crippen molar-refractivity contribution in [3.05, 3.63) is 64.1 Å². The zero-order valence-electron chi connectivity index (χ0n) is 15.1. The van der Waals surface area contributed by atoms with Gasteiger partial charge in [0, 0.05) is 23.2 Å². The third-order valence-electron chi connectivity index (χ3n) is 4.35. The van der Waals surface area contributed by atoms with Gasteiger partial charge in [-0.2, -0.15) is 0 Å². The molecule has 7 heteroatoms. The largest absolute Gasteiger partial charge is 0.465 e. The molecule has 0 atom stereocenters. The highest BCUT2D eigenvalue weighted by molar-refractivity contribution is 9.10. The van der Waals surface area contributed by atoms with Crippen LogP contribution in [0.1, 0.15) is 15.9 Å². The van der Waals surface area contributed by atoms with Crippen LogP contribution in [0.5, 0.6) is 0 Å². The Kier molecular flexibility index (Phi) is 6.47. The number of carbonyl (C=O) groups is 2. The van der Waals surface area contributed by atoms with E-state index in [1.165, 1.54) is 7.11 Å². The molecule has 2 aromatic carbocycles. The molecule has 0 N–H and O–H groups in total. The van der Waals surface area contributed by atoms with Crippen molar-refractivity contribution in [3.63, 3.8) is 0 Å². The van der Waals surface area contributed by atoms with E-state index in [4.69, 9.17) is 9.47 Å². The Morgan fingerprint density at radius 2 is 1.85 bits per heavy atom. The molecule has 3 rings (SSSR count). The molecule has 6 nitrogen and oxygen atoms in total.